The van der Waals surface area contributed by atoms with Crippen LogP contribution in [0.5, 0.6) is 11.5 Å². The van der Waals surface area contributed by atoms with Gasteiger partial charge in [-0.1, -0.05) is 42.9 Å². The number of benzene rings is 2. The van der Waals surface area contributed by atoms with Crippen LogP contribution in [-0.2, 0) is 6.61 Å². The van der Waals surface area contributed by atoms with Gasteiger partial charge in [0.05, 0.1) is 11.6 Å². The zero-order valence-electron chi connectivity index (χ0n) is 15.5. The van der Waals surface area contributed by atoms with Gasteiger partial charge in [-0.25, -0.2) is 0 Å². The molecule has 0 bridgehead atoms. The summed E-state index contributed by atoms with van der Waals surface area (Å²) in [4.78, 5) is 3.14. The zero-order chi connectivity index (χ0) is 19.4. The van der Waals surface area contributed by atoms with Crippen molar-refractivity contribution in [3.8, 4) is 11.5 Å². The fourth-order valence-electron chi connectivity index (χ4n) is 3.16. The number of hydrogen-bond acceptors (Lipinski definition) is 3. The smallest absolute Gasteiger partial charge is 0.175 e. The first-order valence-corrected chi connectivity index (χ1v) is 10.6. The van der Waals surface area contributed by atoms with Crippen LogP contribution in [0.2, 0.25) is 5.02 Å². The second-order valence-electron chi connectivity index (χ2n) is 6.88. The van der Waals surface area contributed by atoms with E-state index in [1.54, 1.807) is 7.11 Å². The molecule has 1 saturated heterocycles. The number of methoxy groups -OCH3 is 1. The Kier molecular flexibility index (Phi) is 7.01. The van der Waals surface area contributed by atoms with Gasteiger partial charge in [0.2, 0.25) is 0 Å². The molecule has 27 heavy (non-hydrogen) atoms. The molecule has 1 aliphatic heterocycles. The summed E-state index contributed by atoms with van der Waals surface area (Å²) >= 11 is 15.4. The van der Waals surface area contributed by atoms with Gasteiger partial charge in [-0.05, 0) is 64.5 Å². The molecule has 144 valence electrons. The Morgan fingerprint density at radius 2 is 2.00 bits per heavy atom. The van der Waals surface area contributed by atoms with Gasteiger partial charge in [-0.15, -0.1) is 0 Å². The molecule has 0 saturated carbocycles. The van der Waals surface area contributed by atoms with Gasteiger partial charge in [-0.3, -0.25) is 0 Å². The molecule has 0 aromatic heterocycles. The van der Waals surface area contributed by atoms with Crippen molar-refractivity contribution in [2.24, 2.45) is 5.92 Å². The van der Waals surface area contributed by atoms with Gasteiger partial charge in [0.1, 0.15) is 11.6 Å². The van der Waals surface area contributed by atoms with Gasteiger partial charge in [0.15, 0.2) is 11.5 Å². The lowest BCUT2D eigenvalue weighted by atomic mass is 9.99. The summed E-state index contributed by atoms with van der Waals surface area (Å²) in [5.41, 5.74) is 1.97. The number of ether oxygens (including phenoxy) is 2. The summed E-state index contributed by atoms with van der Waals surface area (Å²) in [5.74, 6) is 2.10. The number of nitrogens with zero attached hydrogens (tertiary/aromatic N) is 1. The predicted octanol–water partition coefficient (Wildman–Crippen LogP) is 6.10. The Labute approximate surface area is 179 Å². The van der Waals surface area contributed by atoms with Crippen LogP contribution in [0.1, 0.15) is 30.9 Å². The van der Waals surface area contributed by atoms with E-state index in [0.717, 1.165) is 39.6 Å². The maximum absolute atomic E-state index is 6.05. The molecule has 0 unspecified atom stereocenters. The van der Waals surface area contributed by atoms with Crippen LogP contribution >= 0.6 is 39.7 Å². The molecular weight excluding hydrogens is 446 g/mol. The minimum atomic E-state index is 0.406. The second kappa shape index (κ2) is 9.26. The molecule has 1 fully saturated rings. The highest BCUT2D eigenvalue weighted by atomic mass is 79.9. The highest BCUT2D eigenvalue weighted by Gasteiger charge is 2.21. The SMILES string of the molecule is COc1cc(C(=S)N2CCC(C)CC2)cc(Br)c1OCc1cccc(Cl)c1. The number of likely N-dealkylation sites (tertiary alicyclic amines) is 1. The summed E-state index contributed by atoms with van der Waals surface area (Å²) in [6, 6.07) is 11.6. The molecular formula is C21H23BrClNO2S. The molecule has 0 radical (unpaired) electrons. The summed E-state index contributed by atoms with van der Waals surface area (Å²) < 4.78 is 12.4. The molecule has 6 heteroatoms. The van der Waals surface area contributed by atoms with Gasteiger partial charge in [-0.2, -0.15) is 0 Å². The third-order valence-corrected chi connectivity index (χ3v) is 6.14. The van der Waals surface area contributed by atoms with Crippen LogP contribution in [0.3, 0.4) is 0 Å². The van der Waals surface area contributed by atoms with Crippen molar-refractivity contribution in [1.29, 1.82) is 0 Å². The van der Waals surface area contributed by atoms with Crippen LogP contribution < -0.4 is 9.47 Å². The fraction of sp³-hybridized carbons (Fsp3) is 0.381. The zero-order valence-corrected chi connectivity index (χ0v) is 18.7. The quantitative estimate of drug-likeness (QED) is 0.494. The Hall–Kier alpha value is -1.30. The number of rotatable bonds is 5. The number of thiocarbonyl (C=S) groups is 1. The van der Waals surface area contributed by atoms with Crippen LogP contribution in [0.25, 0.3) is 0 Å². The van der Waals surface area contributed by atoms with E-state index in [1.807, 2.05) is 36.4 Å². The van der Waals surface area contributed by atoms with Crippen molar-refractivity contribution in [2.75, 3.05) is 20.2 Å². The molecule has 0 atom stereocenters. The highest BCUT2D eigenvalue weighted by Crippen LogP contribution is 2.38. The summed E-state index contributed by atoms with van der Waals surface area (Å²) in [6.07, 6.45) is 2.36. The molecule has 0 aliphatic carbocycles. The van der Waals surface area contributed by atoms with E-state index in [0.29, 0.717) is 23.1 Å². The van der Waals surface area contributed by atoms with E-state index in [4.69, 9.17) is 33.3 Å². The van der Waals surface area contributed by atoms with E-state index in [9.17, 15) is 0 Å². The lowest BCUT2D eigenvalue weighted by Gasteiger charge is -2.32. The van der Waals surface area contributed by atoms with Gasteiger partial charge < -0.3 is 14.4 Å². The Morgan fingerprint density at radius 1 is 1.26 bits per heavy atom. The van der Waals surface area contributed by atoms with Crippen molar-refractivity contribution < 1.29 is 9.47 Å². The van der Waals surface area contributed by atoms with Crippen molar-refractivity contribution in [1.82, 2.24) is 4.90 Å². The van der Waals surface area contributed by atoms with Crippen molar-refractivity contribution in [2.45, 2.75) is 26.4 Å². The molecule has 2 aromatic rings. The third kappa shape index (κ3) is 5.15. The lowest BCUT2D eigenvalue weighted by molar-refractivity contribution is 0.281. The van der Waals surface area contributed by atoms with E-state index >= 15 is 0 Å². The Balaban J connectivity index is 1.77. The van der Waals surface area contributed by atoms with E-state index < -0.39 is 0 Å². The van der Waals surface area contributed by atoms with E-state index in [1.165, 1.54) is 12.8 Å². The molecule has 0 N–H and O–H groups in total. The molecule has 3 rings (SSSR count). The molecule has 3 nitrogen and oxygen atoms in total. The van der Waals surface area contributed by atoms with Gasteiger partial charge in [0.25, 0.3) is 0 Å². The summed E-state index contributed by atoms with van der Waals surface area (Å²) in [7, 11) is 1.64. The number of halogens is 2. The first-order valence-electron chi connectivity index (χ1n) is 9.02. The molecule has 2 aromatic carbocycles. The second-order valence-corrected chi connectivity index (χ2v) is 8.56. The number of hydrogen-bond donors (Lipinski definition) is 0. The maximum Gasteiger partial charge on any atom is 0.175 e. The van der Waals surface area contributed by atoms with E-state index in [-0.39, 0.29) is 0 Å². The van der Waals surface area contributed by atoms with Crippen molar-refractivity contribution in [3.63, 3.8) is 0 Å². The van der Waals surface area contributed by atoms with Gasteiger partial charge >= 0.3 is 0 Å². The third-order valence-electron chi connectivity index (χ3n) is 4.82. The first-order chi connectivity index (χ1) is 13.0. The summed E-state index contributed by atoms with van der Waals surface area (Å²) in [6.45, 7) is 4.72. The molecule has 1 aliphatic rings. The van der Waals surface area contributed by atoms with Crippen LogP contribution in [0.4, 0.5) is 0 Å². The monoisotopic (exact) mass is 467 g/mol. The minimum Gasteiger partial charge on any atom is -0.493 e. The fourth-order valence-corrected chi connectivity index (χ4v) is 4.23. The molecule has 1 heterocycles. The average molecular weight is 469 g/mol. The highest BCUT2D eigenvalue weighted by molar-refractivity contribution is 9.10. The molecule has 0 amide bonds. The molecule has 0 spiro atoms. The number of piperidine rings is 1. The normalized spacial score (nSPS) is 14.9. The Morgan fingerprint density at radius 3 is 2.67 bits per heavy atom. The van der Waals surface area contributed by atoms with E-state index in [2.05, 4.69) is 27.8 Å². The van der Waals surface area contributed by atoms with Crippen molar-refractivity contribution in [3.05, 3.63) is 57.0 Å². The maximum atomic E-state index is 6.05. The van der Waals surface area contributed by atoms with Crippen LogP contribution in [0.15, 0.2) is 40.9 Å². The average Bonchev–Trinajstić information content (AvgIpc) is 2.66. The lowest BCUT2D eigenvalue weighted by Crippen LogP contribution is -2.37. The van der Waals surface area contributed by atoms with Gasteiger partial charge in [0, 0.05) is 23.7 Å². The predicted molar refractivity (Wildman–Crippen MR) is 118 cm³/mol. The topological polar surface area (TPSA) is 21.7 Å². The summed E-state index contributed by atoms with van der Waals surface area (Å²) in [5, 5.41) is 0.693. The van der Waals surface area contributed by atoms with Crippen molar-refractivity contribution >= 4 is 44.7 Å². The largest absolute Gasteiger partial charge is 0.493 e. The van der Waals surface area contributed by atoms with Crippen LogP contribution in [-0.4, -0.2) is 30.1 Å². The standard InChI is InChI=1S/C21H23BrClNO2S/c1-14-6-8-24(9-7-14)21(27)16-11-18(22)20(19(12-16)25-2)26-13-15-4-3-5-17(23)10-15/h3-5,10-12,14H,6-9,13H2,1-2H3. The first kappa shape index (κ1) is 20.4. The Bertz CT molecular complexity index is 822. The minimum absolute atomic E-state index is 0.406. The van der Waals surface area contributed by atoms with Crippen LogP contribution in [0, 0.1) is 5.92 Å².